The molecule has 2 aromatic carbocycles. The van der Waals surface area contributed by atoms with E-state index in [1.54, 1.807) is 0 Å². The van der Waals surface area contributed by atoms with Crippen molar-refractivity contribution in [1.82, 2.24) is 9.62 Å². The number of likely N-dealkylation sites (N-methyl/N-ethyl adjacent to an activating group) is 1. The van der Waals surface area contributed by atoms with E-state index in [4.69, 9.17) is 0 Å². The van der Waals surface area contributed by atoms with Gasteiger partial charge in [-0.2, -0.15) is 4.31 Å². The van der Waals surface area contributed by atoms with Crippen LogP contribution in [-0.2, 0) is 26.0 Å². The Morgan fingerprint density at radius 3 is 2.24 bits per heavy atom. The van der Waals surface area contributed by atoms with Crippen molar-refractivity contribution in [2.45, 2.75) is 31.2 Å². The molecular formula is C24H27N3O4S2. The first kappa shape index (κ1) is 24.6. The van der Waals surface area contributed by atoms with Crippen molar-refractivity contribution in [3.05, 3.63) is 82.0 Å². The van der Waals surface area contributed by atoms with Crippen molar-refractivity contribution in [3.63, 3.8) is 0 Å². The number of carbonyl (C=O) groups excluding carboxylic acids is 2. The van der Waals surface area contributed by atoms with Crippen LogP contribution >= 0.6 is 11.3 Å². The van der Waals surface area contributed by atoms with E-state index in [2.05, 4.69) is 17.6 Å². The largest absolute Gasteiger partial charge is 0.343 e. The van der Waals surface area contributed by atoms with E-state index < -0.39 is 15.9 Å². The maximum atomic E-state index is 12.9. The molecule has 7 nitrogen and oxygen atoms in total. The van der Waals surface area contributed by atoms with Crippen LogP contribution in [-0.4, -0.2) is 38.1 Å². The molecule has 174 valence electrons. The van der Waals surface area contributed by atoms with Crippen LogP contribution in [0.15, 0.2) is 70.9 Å². The van der Waals surface area contributed by atoms with Gasteiger partial charge in [0.2, 0.25) is 21.8 Å². The SMILES string of the molecule is CCc1ccc(C(NC(=O)CN(C)S(=O)(=O)c2ccc(NC(C)=O)cc2)c2cccs2)cc1. The molecular weight excluding hydrogens is 458 g/mol. The third-order valence-corrected chi connectivity index (χ3v) is 7.86. The number of nitrogens with zero attached hydrogens (tertiary/aromatic N) is 1. The van der Waals surface area contributed by atoms with Crippen LogP contribution in [0.5, 0.6) is 0 Å². The molecule has 0 aliphatic heterocycles. The molecule has 3 rings (SSSR count). The van der Waals surface area contributed by atoms with Crippen molar-refractivity contribution in [3.8, 4) is 0 Å². The zero-order valence-corrected chi connectivity index (χ0v) is 20.4. The van der Waals surface area contributed by atoms with E-state index in [0.29, 0.717) is 5.69 Å². The van der Waals surface area contributed by atoms with Crippen molar-refractivity contribution in [2.75, 3.05) is 18.9 Å². The number of sulfonamides is 1. The zero-order valence-electron chi connectivity index (χ0n) is 18.7. The van der Waals surface area contributed by atoms with Gasteiger partial charge in [-0.05, 0) is 53.3 Å². The highest BCUT2D eigenvalue weighted by Crippen LogP contribution is 2.26. The van der Waals surface area contributed by atoms with Gasteiger partial charge in [-0.15, -0.1) is 11.3 Å². The Bertz CT molecular complexity index is 1190. The lowest BCUT2D eigenvalue weighted by atomic mass is 10.0. The Morgan fingerprint density at radius 1 is 1.03 bits per heavy atom. The highest BCUT2D eigenvalue weighted by atomic mass is 32.2. The fourth-order valence-electron chi connectivity index (χ4n) is 3.31. The van der Waals surface area contributed by atoms with Gasteiger partial charge < -0.3 is 10.6 Å². The Balaban J connectivity index is 1.73. The molecule has 0 fully saturated rings. The average Bonchev–Trinajstić information content (AvgIpc) is 3.32. The quantitative estimate of drug-likeness (QED) is 0.482. The summed E-state index contributed by atoms with van der Waals surface area (Å²) in [6.07, 6.45) is 0.921. The van der Waals surface area contributed by atoms with Gasteiger partial charge in [0.05, 0.1) is 17.5 Å². The van der Waals surface area contributed by atoms with Crippen LogP contribution in [0.4, 0.5) is 5.69 Å². The summed E-state index contributed by atoms with van der Waals surface area (Å²) in [5.74, 6) is -0.655. The molecule has 0 saturated heterocycles. The van der Waals surface area contributed by atoms with Gasteiger partial charge in [0, 0.05) is 24.5 Å². The molecule has 2 amide bonds. The minimum atomic E-state index is -3.88. The molecule has 2 N–H and O–H groups in total. The van der Waals surface area contributed by atoms with Crippen LogP contribution in [0.2, 0.25) is 0 Å². The maximum absolute atomic E-state index is 12.9. The second-order valence-corrected chi connectivity index (χ2v) is 10.6. The van der Waals surface area contributed by atoms with Crippen molar-refractivity contribution >= 4 is 38.9 Å². The second kappa shape index (κ2) is 10.7. The normalized spacial score (nSPS) is 12.4. The van der Waals surface area contributed by atoms with Gasteiger partial charge in [-0.3, -0.25) is 9.59 Å². The first-order valence-corrected chi connectivity index (χ1v) is 12.8. The Hall–Kier alpha value is -3.01. The summed E-state index contributed by atoms with van der Waals surface area (Å²) < 4.78 is 26.8. The molecule has 0 bridgehead atoms. The monoisotopic (exact) mass is 485 g/mol. The van der Waals surface area contributed by atoms with Crippen molar-refractivity contribution in [2.24, 2.45) is 0 Å². The van der Waals surface area contributed by atoms with Gasteiger partial charge in [0.25, 0.3) is 0 Å². The number of rotatable bonds is 9. The molecule has 0 radical (unpaired) electrons. The lowest BCUT2D eigenvalue weighted by molar-refractivity contribution is -0.121. The summed E-state index contributed by atoms with van der Waals surface area (Å²) in [6, 6.07) is 17.4. The van der Waals surface area contributed by atoms with Gasteiger partial charge in [0.1, 0.15) is 0 Å². The zero-order chi connectivity index (χ0) is 24.0. The van der Waals surface area contributed by atoms with Gasteiger partial charge in [-0.1, -0.05) is 37.3 Å². The highest BCUT2D eigenvalue weighted by molar-refractivity contribution is 7.89. The molecule has 1 unspecified atom stereocenters. The van der Waals surface area contributed by atoms with E-state index in [0.717, 1.165) is 21.2 Å². The third-order valence-electron chi connectivity index (χ3n) is 5.10. The fraction of sp³-hybridized carbons (Fsp3) is 0.250. The maximum Gasteiger partial charge on any atom is 0.243 e. The van der Waals surface area contributed by atoms with Gasteiger partial charge in [-0.25, -0.2) is 8.42 Å². The second-order valence-electron chi connectivity index (χ2n) is 7.58. The molecule has 0 aliphatic carbocycles. The first-order valence-electron chi connectivity index (χ1n) is 10.5. The number of hydrogen-bond donors (Lipinski definition) is 2. The van der Waals surface area contributed by atoms with E-state index in [1.165, 1.54) is 55.1 Å². The summed E-state index contributed by atoms with van der Waals surface area (Å²) in [5.41, 5.74) is 2.63. The lowest BCUT2D eigenvalue weighted by Crippen LogP contribution is -2.40. The molecule has 0 aliphatic rings. The van der Waals surface area contributed by atoms with E-state index in [1.807, 2.05) is 41.8 Å². The molecule has 0 saturated carbocycles. The average molecular weight is 486 g/mol. The number of carbonyl (C=O) groups is 2. The lowest BCUT2D eigenvalue weighted by Gasteiger charge is -2.21. The Kier molecular flexibility index (Phi) is 8.01. The first-order chi connectivity index (χ1) is 15.7. The summed E-state index contributed by atoms with van der Waals surface area (Å²) in [5, 5.41) is 7.51. The predicted molar refractivity (Wildman–Crippen MR) is 131 cm³/mol. The minimum absolute atomic E-state index is 0.0388. The topological polar surface area (TPSA) is 95.6 Å². The van der Waals surface area contributed by atoms with E-state index in [-0.39, 0.29) is 23.4 Å². The minimum Gasteiger partial charge on any atom is -0.343 e. The smallest absolute Gasteiger partial charge is 0.243 e. The summed E-state index contributed by atoms with van der Waals surface area (Å²) in [6.45, 7) is 3.13. The Labute approximate surface area is 198 Å². The van der Waals surface area contributed by atoms with Crippen LogP contribution in [0.1, 0.15) is 35.9 Å². The molecule has 9 heteroatoms. The highest BCUT2D eigenvalue weighted by Gasteiger charge is 2.25. The van der Waals surface area contributed by atoms with Crippen molar-refractivity contribution < 1.29 is 18.0 Å². The number of hydrogen-bond acceptors (Lipinski definition) is 5. The molecule has 3 aromatic rings. The number of thiophene rings is 1. The number of nitrogens with one attached hydrogen (secondary N) is 2. The fourth-order valence-corrected chi connectivity index (χ4v) is 5.24. The molecule has 1 aromatic heterocycles. The third kappa shape index (κ3) is 6.28. The standard InChI is InChI=1S/C24H27N3O4S2/c1-4-18-7-9-19(10-8-18)24(22-6-5-15-32-22)26-23(29)16-27(3)33(30,31)21-13-11-20(12-14-21)25-17(2)28/h5-15,24H,4,16H2,1-3H3,(H,25,28)(H,26,29). The number of benzene rings is 2. The molecule has 1 atom stereocenters. The molecule has 0 spiro atoms. The van der Waals surface area contributed by atoms with Crippen LogP contribution in [0, 0.1) is 0 Å². The number of amides is 2. The number of aryl methyl sites for hydroxylation is 1. The summed E-state index contributed by atoms with van der Waals surface area (Å²) in [7, 11) is -2.51. The van der Waals surface area contributed by atoms with Crippen LogP contribution in [0.3, 0.4) is 0 Å². The predicted octanol–water partition coefficient (Wildman–Crippen LogP) is 3.80. The van der Waals surface area contributed by atoms with Crippen LogP contribution in [0.25, 0.3) is 0 Å². The Morgan fingerprint density at radius 2 is 1.70 bits per heavy atom. The van der Waals surface area contributed by atoms with Gasteiger partial charge in [0.15, 0.2) is 0 Å². The van der Waals surface area contributed by atoms with Crippen LogP contribution < -0.4 is 10.6 Å². The summed E-state index contributed by atoms with van der Waals surface area (Å²) in [4.78, 5) is 25.0. The van der Waals surface area contributed by atoms with E-state index >= 15 is 0 Å². The number of anilines is 1. The molecule has 33 heavy (non-hydrogen) atoms. The summed E-state index contributed by atoms with van der Waals surface area (Å²) >= 11 is 1.53. The molecule has 1 heterocycles. The van der Waals surface area contributed by atoms with Gasteiger partial charge >= 0.3 is 0 Å². The van der Waals surface area contributed by atoms with E-state index in [9.17, 15) is 18.0 Å². The van der Waals surface area contributed by atoms with Crippen molar-refractivity contribution in [1.29, 1.82) is 0 Å².